The zero-order valence-electron chi connectivity index (χ0n) is 20.5. The number of nitrogens with one attached hydrogen (secondary N) is 2. The van der Waals surface area contributed by atoms with Crippen molar-refractivity contribution in [1.29, 1.82) is 0 Å². The summed E-state index contributed by atoms with van der Waals surface area (Å²) >= 11 is 0. The largest absolute Gasteiger partial charge is 0.444 e. The third-order valence-electron chi connectivity index (χ3n) is 5.18. The molecule has 1 saturated heterocycles. The predicted octanol–water partition coefficient (Wildman–Crippen LogP) is 4.53. The second-order valence-corrected chi connectivity index (χ2v) is 9.20. The SMILES string of the molecule is CCOC(C)(OCC)C(=O)Nc1cc(C)ccc1NC1CCN(C(=O)OC(C)(C)C)CC1. The smallest absolute Gasteiger partial charge is 0.410 e. The van der Waals surface area contributed by atoms with Crippen molar-refractivity contribution in [3.63, 3.8) is 0 Å². The Morgan fingerprint density at radius 2 is 1.62 bits per heavy atom. The van der Waals surface area contributed by atoms with Crippen LogP contribution in [0.25, 0.3) is 0 Å². The van der Waals surface area contributed by atoms with Gasteiger partial charge in [-0.25, -0.2) is 4.79 Å². The van der Waals surface area contributed by atoms with E-state index in [0.29, 0.717) is 32.0 Å². The van der Waals surface area contributed by atoms with Gasteiger partial charge in [0.05, 0.1) is 11.4 Å². The molecule has 2 rings (SSSR count). The summed E-state index contributed by atoms with van der Waals surface area (Å²) in [7, 11) is 0. The molecule has 2 amide bonds. The normalized spacial score (nSPS) is 15.4. The van der Waals surface area contributed by atoms with Gasteiger partial charge in [0, 0.05) is 32.3 Å². The molecule has 2 N–H and O–H groups in total. The first-order valence-electron chi connectivity index (χ1n) is 11.4. The number of likely N-dealkylation sites (tertiary alicyclic amines) is 1. The number of piperidine rings is 1. The molecule has 0 spiro atoms. The molecule has 0 unspecified atom stereocenters. The molecule has 0 radical (unpaired) electrons. The molecule has 0 aromatic heterocycles. The maximum Gasteiger partial charge on any atom is 0.410 e. The van der Waals surface area contributed by atoms with Gasteiger partial charge < -0.3 is 29.7 Å². The number of ether oxygens (including phenoxy) is 3. The Morgan fingerprint density at radius 1 is 1.03 bits per heavy atom. The third-order valence-corrected chi connectivity index (χ3v) is 5.18. The zero-order valence-corrected chi connectivity index (χ0v) is 20.5. The fourth-order valence-electron chi connectivity index (χ4n) is 3.60. The molecule has 0 saturated carbocycles. The highest BCUT2D eigenvalue weighted by atomic mass is 16.7. The van der Waals surface area contributed by atoms with Crippen LogP contribution in [0, 0.1) is 6.92 Å². The summed E-state index contributed by atoms with van der Waals surface area (Å²) < 4.78 is 16.7. The van der Waals surface area contributed by atoms with Crippen LogP contribution in [0.1, 0.15) is 59.9 Å². The molecule has 0 atom stereocenters. The van der Waals surface area contributed by atoms with Gasteiger partial charge in [0.2, 0.25) is 5.79 Å². The summed E-state index contributed by atoms with van der Waals surface area (Å²) in [5.74, 6) is -1.71. The Morgan fingerprint density at radius 3 is 2.16 bits per heavy atom. The number of benzene rings is 1. The van der Waals surface area contributed by atoms with E-state index in [1.165, 1.54) is 0 Å². The summed E-state index contributed by atoms with van der Waals surface area (Å²) in [6, 6.07) is 6.06. The summed E-state index contributed by atoms with van der Waals surface area (Å²) in [4.78, 5) is 27.0. The van der Waals surface area contributed by atoms with Gasteiger partial charge in [-0.05, 0) is 79.0 Å². The van der Waals surface area contributed by atoms with Crippen LogP contribution in [-0.2, 0) is 19.0 Å². The Balaban J connectivity index is 2.05. The van der Waals surface area contributed by atoms with Gasteiger partial charge in [-0.3, -0.25) is 4.79 Å². The Bertz CT molecular complexity index is 776. The van der Waals surface area contributed by atoms with E-state index < -0.39 is 11.4 Å². The number of hydrogen-bond acceptors (Lipinski definition) is 6. The second kappa shape index (κ2) is 11.0. The van der Waals surface area contributed by atoms with E-state index in [1.807, 2.05) is 59.7 Å². The van der Waals surface area contributed by atoms with Crippen molar-refractivity contribution in [3.05, 3.63) is 23.8 Å². The number of hydrogen-bond donors (Lipinski definition) is 2. The monoisotopic (exact) mass is 449 g/mol. The molecule has 0 bridgehead atoms. The molecule has 1 fully saturated rings. The number of amides is 2. The fraction of sp³-hybridized carbons (Fsp3) is 0.667. The molecular weight excluding hydrogens is 410 g/mol. The van der Waals surface area contributed by atoms with Crippen LogP contribution < -0.4 is 10.6 Å². The van der Waals surface area contributed by atoms with Crippen LogP contribution in [0.4, 0.5) is 16.2 Å². The van der Waals surface area contributed by atoms with Crippen LogP contribution in [0.3, 0.4) is 0 Å². The Kier molecular flexibility index (Phi) is 8.92. The van der Waals surface area contributed by atoms with E-state index in [-0.39, 0.29) is 18.0 Å². The van der Waals surface area contributed by atoms with Gasteiger partial charge in [0.1, 0.15) is 5.60 Å². The first kappa shape index (κ1) is 25.9. The first-order chi connectivity index (χ1) is 15.0. The van der Waals surface area contributed by atoms with Gasteiger partial charge in [0.25, 0.3) is 5.91 Å². The van der Waals surface area contributed by atoms with Crippen molar-refractivity contribution < 1.29 is 23.8 Å². The van der Waals surface area contributed by atoms with Gasteiger partial charge in [0.15, 0.2) is 0 Å². The van der Waals surface area contributed by atoms with Crippen molar-refractivity contribution in [3.8, 4) is 0 Å². The molecule has 1 aromatic carbocycles. The standard InChI is InChI=1S/C24H39N3O5/c1-8-30-24(7,31-9-2)21(28)26-20-16-17(3)10-11-19(20)25-18-12-14-27(15-13-18)22(29)32-23(4,5)6/h10-11,16,18,25H,8-9,12-15H2,1-7H3,(H,26,28). The molecule has 8 nitrogen and oxygen atoms in total. The zero-order chi connectivity index (χ0) is 23.9. The van der Waals surface area contributed by atoms with Crippen LogP contribution in [0.15, 0.2) is 18.2 Å². The molecule has 1 aromatic rings. The number of carbonyl (C=O) groups excluding carboxylic acids is 2. The van der Waals surface area contributed by atoms with E-state index >= 15 is 0 Å². The molecule has 1 heterocycles. The van der Waals surface area contributed by atoms with Crippen molar-refractivity contribution in [2.45, 2.75) is 78.7 Å². The lowest BCUT2D eigenvalue weighted by Gasteiger charge is -2.34. The minimum atomic E-state index is -1.36. The summed E-state index contributed by atoms with van der Waals surface area (Å²) in [6.45, 7) is 14.8. The summed E-state index contributed by atoms with van der Waals surface area (Å²) in [5.41, 5.74) is 2.03. The molecular formula is C24H39N3O5. The quantitative estimate of drug-likeness (QED) is 0.567. The number of anilines is 2. The molecule has 1 aliphatic rings. The first-order valence-corrected chi connectivity index (χ1v) is 11.4. The number of rotatable bonds is 8. The van der Waals surface area contributed by atoms with Crippen molar-refractivity contribution >= 4 is 23.4 Å². The maximum atomic E-state index is 13.0. The van der Waals surface area contributed by atoms with Crippen LogP contribution >= 0.6 is 0 Å². The van der Waals surface area contributed by atoms with E-state index in [4.69, 9.17) is 14.2 Å². The van der Waals surface area contributed by atoms with E-state index in [2.05, 4.69) is 10.6 Å². The van der Waals surface area contributed by atoms with Crippen molar-refractivity contribution in [2.75, 3.05) is 36.9 Å². The van der Waals surface area contributed by atoms with Gasteiger partial charge in [-0.1, -0.05) is 6.07 Å². The highest BCUT2D eigenvalue weighted by molar-refractivity contribution is 5.98. The topological polar surface area (TPSA) is 89.1 Å². The average molecular weight is 450 g/mol. The van der Waals surface area contributed by atoms with Crippen molar-refractivity contribution in [1.82, 2.24) is 4.90 Å². The molecule has 8 heteroatoms. The van der Waals surface area contributed by atoms with Crippen molar-refractivity contribution in [2.24, 2.45) is 0 Å². The lowest BCUT2D eigenvalue weighted by Crippen LogP contribution is -2.46. The number of nitrogens with zero attached hydrogens (tertiary/aromatic N) is 1. The lowest BCUT2D eigenvalue weighted by atomic mass is 10.0. The molecule has 180 valence electrons. The van der Waals surface area contributed by atoms with E-state index in [0.717, 1.165) is 24.1 Å². The lowest BCUT2D eigenvalue weighted by molar-refractivity contribution is -0.214. The highest BCUT2D eigenvalue weighted by Crippen LogP contribution is 2.28. The molecule has 1 aliphatic heterocycles. The third kappa shape index (κ3) is 7.38. The Labute approximate surface area is 192 Å². The average Bonchev–Trinajstić information content (AvgIpc) is 2.69. The Hall–Kier alpha value is -2.32. The second-order valence-electron chi connectivity index (χ2n) is 9.20. The number of carbonyl (C=O) groups is 2. The van der Waals surface area contributed by atoms with Crippen LogP contribution in [0.2, 0.25) is 0 Å². The fourth-order valence-corrected chi connectivity index (χ4v) is 3.60. The van der Waals surface area contributed by atoms with E-state index in [9.17, 15) is 9.59 Å². The highest BCUT2D eigenvalue weighted by Gasteiger charge is 2.35. The van der Waals surface area contributed by atoms with Gasteiger partial charge in [-0.15, -0.1) is 0 Å². The molecule has 32 heavy (non-hydrogen) atoms. The van der Waals surface area contributed by atoms with Crippen LogP contribution in [0.5, 0.6) is 0 Å². The van der Waals surface area contributed by atoms with Crippen LogP contribution in [-0.4, -0.2) is 60.6 Å². The summed E-state index contributed by atoms with van der Waals surface area (Å²) in [5, 5.41) is 6.50. The van der Waals surface area contributed by atoms with Gasteiger partial charge >= 0.3 is 6.09 Å². The number of aryl methyl sites for hydroxylation is 1. The summed E-state index contributed by atoms with van der Waals surface area (Å²) in [6.07, 6.45) is 1.30. The predicted molar refractivity (Wildman–Crippen MR) is 126 cm³/mol. The minimum Gasteiger partial charge on any atom is -0.444 e. The van der Waals surface area contributed by atoms with E-state index in [1.54, 1.807) is 11.8 Å². The molecule has 0 aliphatic carbocycles. The minimum absolute atomic E-state index is 0.178. The van der Waals surface area contributed by atoms with Gasteiger partial charge in [-0.2, -0.15) is 0 Å². The maximum absolute atomic E-state index is 13.0.